The van der Waals surface area contributed by atoms with Crippen molar-refractivity contribution in [1.82, 2.24) is 5.32 Å². The molecule has 0 aromatic heterocycles. The molecule has 23 heavy (non-hydrogen) atoms. The molecule has 4 nitrogen and oxygen atoms in total. The summed E-state index contributed by atoms with van der Waals surface area (Å²) in [6, 6.07) is 13.5. The Morgan fingerprint density at radius 3 is 2.52 bits per heavy atom. The molecule has 2 aromatic carbocycles. The Bertz CT molecular complexity index is 748. The van der Waals surface area contributed by atoms with E-state index >= 15 is 0 Å². The number of hydrogen-bond donors (Lipinski definition) is 2. The van der Waals surface area contributed by atoms with Gasteiger partial charge in [-0.2, -0.15) is 0 Å². The van der Waals surface area contributed by atoms with E-state index in [0.717, 1.165) is 6.42 Å². The zero-order valence-electron chi connectivity index (χ0n) is 13.3. The van der Waals surface area contributed by atoms with Crippen molar-refractivity contribution in [3.8, 4) is 0 Å². The van der Waals surface area contributed by atoms with E-state index in [1.54, 1.807) is 13.8 Å². The minimum Gasteiger partial charge on any atom is -0.480 e. The molecular formula is C19H21NO3. The average molecular weight is 311 g/mol. The molecule has 0 saturated heterocycles. The molecule has 2 unspecified atom stereocenters. The van der Waals surface area contributed by atoms with E-state index in [0.29, 0.717) is 0 Å². The van der Waals surface area contributed by atoms with Gasteiger partial charge in [-0.1, -0.05) is 56.3 Å². The number of fused-ring (bicyclic) bond motifs is 1. The molecule has 4 heteroatoms. The van der Waals surface area contributed by atoms with Crippen LogP contribution in [0.2, 0.25) is 0 Å². The molecule has 0 radical (unpaired) electrons. The van der Waals surface area contributed by atoms with E-state index in [9.17, 15) is 14.7 Å². The maximum absolute atomic E-state index is 12.4. The first-order chi connectivity index (χ1) is 11.0. The largest absolute Gasteiger partial charge is 0.480 e. The van der Waals surface area contributed by atoms with Gasteiger partial charge in [0.2, 0.25) is 5.91 Å². The van der Waals surface area contributed by atoms with Crippen LogP contribution in [0.3, 0.4) is 0 Å². The van der Waals surface area contributed by atoms with Crippen molar-refractivity contribution >= 4 is 22.6 Å². The number of carbonyl (C=O) groups is 2. The Balaban J connectivity index is 1.76. The zero-order chi connectivity index (χ0) is 16.6. The van der Waals surface area contributed by atoms with Gasteiger partial charge in [-0.15, -0.1) is 0 Å². The SMILES string of the molecule is CC(C)[C@H](NC(=O)C1CC1c1cccc2ccccc12)C(=O)O. The summed E-state index contributed by atoms with van der Waals surface area (Å²) >= 11 is 0. The van der Waals surface area contributed by atoms with E-state index in [4.69, 9.17) is 0 Å². The molecule has 0 aliphatic heterocycles. The third kappa shape index (κ3) is 3.07. The fourth-order valence-electron chi connectivity index (χ4n) is 3.18. The molecule has 3 atom stereocenters. The third-order valence-electron chi connectivity index (χ3n) is 4.58. The minimum atomic E-state index is -0.976. The molecule has 1 amide bonds. The number of aliphatic carboxylic acids is 1. The van der Waals surface area contributed by atoms with Crippen molar-refractivity contribution < 1.29 is 14.7 Å². The van der Waals surface area contributed by atoms with Crippen LogP contribution >= 0.6 is 0 Å². The van der Waals surface area contributed by atoms with Crippen molar-refractivity contribution in [2.45, 2.75) is 32.2 Å². The summed E-state index contributed by atoms with van der Waals surface area (Å²) in [6.45, 7) is 3.60. The summed E-state index contributed by atoms with van der Waals surface area (Å²) in [5.74, 6) is -1.20. The Kier molecular flexibility index (Phi) is 4.07. The summed E-state index contributed by atoms with van der Waals surface area (Å²) < 4.78 is 0. The number of benzene rings is 2. The van der Waals surface area contributed by atoms with E-state index in [1.807, 2.05) is 18.2 Å². The van der Waals surface area contributed by atoms with Crippen LogP contribution < -0.4 is 5.32 Å². The Morgan fingerprint density at radius 2 is 1.83 bits per heavy atom. The van der Waals surface area contributed by atoms with Crippen molar-refractivity contribution in [3.05, 3.63) is 48.0 Å². The van der Waals surface area contributed by atoms with Crippen molar-refractivity contribution in [1.29, 1.82) is 0 Å². The van der Waals surface area contributed by atoms with Crippen LogP contribution in [0, 0.1) is 11.8 Å². The van der Waals surface area contributed by atoms with Gasteiger partial charge < -0.3 is 10.4 Å². The molecule has 1 saturated carbocycles. The first-order valence-electron chi connectivity index (χ1n) is 8.00. The number of amides is 1. The Labute approximate surface area is 135 Å². The Morgan fingerprint density at radius 1 is 1.13 bits per heavy atom. The summed E-state index contributed by atoms with van der Waals surface area (Å²) in [4.78, 5) is 23.6. The van der Waals surface area contributed by atoms with Crippen molar-refractivity contribution in [3.63, 3.8) is 0 Å². The second-order valence-electron chi connectivity index (χ2n) is 6.59. The number of carboxylic acids is 1. The quantitative estimate of drug-likeness (QED) is 0.891. The van der Waals surface area contributed by atoms with Gasteiger partial charge in [-0.3, -0.25) is 4.79 Å². The van der Waals surface area contributed by atoms with E-state index in [2.05, 4.69) is 29.6 Å². The van der Waals surface area contributed by atoms with Crippen LogP contribution in [0.1, 0.15) is 31.7 Å². The minimum absolute atomic E-state index is 0.124. The van der Waals surface area contributed by atoms with Crippen molar-refractivity contribution in [2.24, 2.45) is 11.8 Å². The van der Waals surface area contributed by atoms with Gasteiger partial charge in [0.1, 0.15) is 6.04 Å². The van der Waals surface area contributed by atoms with Gasteiger partial charge >= 0.3 is 5.97 Å². The highest BCUT2D eigenvalue weighted by Gasteiger charge is 2.45. The van der Waals surface area contributed by atoms with Gasteiger partial charge in [-0.25, -0.2) is 4.79 Å². The maximum Gasteiger partial charge on any atom is 0.326 e. The fraction of sp³-hybridized carbons (Fsp3) is 0.368. The standard InChI is InChI=1S/C19H21NO3/c1-11(2)17(19(22)23)20-18(21)16-10-15(16)14-9-5-7-12-6-3-4-8-13(12)14/h3-9,11,15-17H,10H2,1-2H3,(H,20,21)(H,22,23)/t15?,16?,17-/m0/s1. The lowest BCUT2D eigenvalue weighted by atomic mass is 9.99. The first-order valence-corrected chi connectivity index (χ1v) is 8.00. The topological polar surface area (TPSA) is 66.4 Å². The van der Waals surface area contributed by atoms with Gasteiger partial charge in [0.25, 0.3) is 0 Å². The average Bonchev–Trinajstić information content (AvgIpc) is 3.31. The predicted molar refractivity (Wildman–Crippen MR) is 89.2 cm³/mol. The highest BCUT2D eigenvalue weighted by atomic mass is 16.4. The molecule has 2 aromatic rings. The van der Waals surface area contributed by atoms with E-state index in [-0.39, 0.29) is 23.7 Å². The highest BCUT2D eigenvalue weighted by molar-refractivity contribution is 5.91. The number of carboxylic acid groups (broad SMARTS) is 1. The van der Waals surface area contributed by atoms with Crippen LogP contribution in [-0.2, 0) is 9.59 Å². The van der Waals surface area contributed by atoms with E-state index in [1.165, 1.54) is 16.3 Å². The second-order valence-corrected chi connectivity index (χ2v) is 6.59. The zero-order valence-corrected chi connectivity index (χ0v) is 13.3. The molecular weight excluding hydrogens is 290 g/mol. The van der Waals surface area contributed by atoms with Crippen molar-refractivity contribution in [2.75, 3.05) is 0 Å². The first kappa shape index (κ1) is 15.5. The highest BCUT2D eigenvalue weighted by Crippen LogP contribution is 2.49. The molecule has 0 bridgehead atoms. The second kappa shape index (κ2) is 6.03. The lowest BCUT2D eigenvalue weighted by molar-refractivity contribution is -0.143. The summed E-state index contributed by atoms with van der Waals surface area (Å²) in [5.41, 5.74) is 1.18. The molecule has 3 rings (SSSR count). The monoisotopic (exact) mass is 311 g/mol. The van der Waals surface area contributed by atoms with Crippen LogP contribution in [-0.4, -0.2) is 23.0 Å². The lowest BCUT2D eigenvalue weighted by Gasteiger charge is -2.18. The summed E-state index contributed by atoms with van der Waals surface area (Å²) in [6.07, 6.45) is 0.782. The summed E-state index contributed by atoms with van der Waals surface area (Å²) in [7, 11) is 0. The molecule has 120 valence electrons. The van der Waals surface area contributed by atoms with Crippen LogP contribution in [0.5, 0.6) is 0 Å². The number of hydrogen-bond acceptors (Lipinski definition) is 2. The maximum atomic E-state index is 12.4. The van der Waals surface area contributed by atoms with E-state index < -0.39 is 12.0 Å². The van der Waals surface area contributed by atoms with Gasteiger partial charge in [0.15, 0.2) is 0 Å². The molecule has 0 heterocycles. The van der Waals surface area contributed by atoms with Gasteiger partial charge in [0.05, 0.1) is 0 Å². The number of nitrogens with one attached hydrogen (secondary N) is 1. The van der Waals surface area contributed by atoms with Gasteiger partial charge in [0, 0.05) is 5.92 Å². The molecule has 2 N–H and O–H groups in total. The Hall–Kier alpha value is -2.36. The number of rotatable bonds is 5. The number of carbonyl (C=O) groups excluding carboxylic acids is 1. The van der Waals surface area contributed by atoms with Gasteiger partial charge in [-0.05, 0) is 34.6 Å². The lowest BCUT2D eigenvalue weighted by Crippen LogP contribution is -2.45. The fourth-order valence-corrected chi connectivity index (χ4v) is 3.18. The predicted octanol–water partition coefficient (Wildman–Crippen LogP) is 3.17. The molecule has 1 fully saturated rings. The summed E-state index contributed by atoms with van der Waals surface area (Å²) in [5, 5.41) is 14.2. The smallest absolute Gasteiger partial charge is 0.326 e. The molecule has 0 spiro atoms. The molecule has 1 aliphatic carbocycles. The third-order valence-corrected chi connectivity index (χ3v) is 4.58. The van der Waals surface area contributed by atoms with Crippen LogP contribution in [0.4, 0.5) is 0 Å². The molecule has 1 aliphatic rings. The normalized spacial score (nSPS) is 21.2. The van der Waals surface area contributed by atoms with Crippen LogP contribution in [0.15, 0.2) is 42.5 Å². The van der Waals surface area contributed by atoms with Crippen LogP contribution in [0.25, 0.3) is 10.8 Å².